The number of carbonyl (C=O) groups is 1. The molecule has 5 rings (SSSR count). The topological polar surface area (TPSA) is 20.3 Å². The zero-order valence-corrected chi connectivity index (χ0v) is 18.4. The Hall–Kier alpha value is -1.93. The average Bonchev–Trinajstić information content (AvgIpc) is 3.09. The maximum absolute atomic E-state index is 13.9. The van der Waals surface area contributed by atoms with Gasteiger partial charge in [0, 0.05) is 12.1 Å². The first kappa shape index (κ1) is 20.0. The third-order valence-electron chi connectivity index (χ3n) is 8.20. The number of fused-ring (bicyclic) bond motifs is 1. The summed E-state index contributed by atoms with van der Waals surface area (Å²) in [6, 6.07) is 17.1. The molecule has 2 aliphatic carbocycles. The molecule has 1 saturated carbocycles. The molecule has 2 heteroatoms. The minimum absolute atomic E-state index is 0.368. The van der Waals surface area contributed by atoms with Crippen molar-refractivity contribution in [3.63, 3.8) is 0 Å². The Morgan fingerprint density at radius 1 is 0.933 bits per heavy atom. The van der Waals surface area contributed by atoms with Gasteiger partial charge in [0.05, 0.1) is 5.41 Å². The highest BCUT2D eigenvalue weighted by molar-refractivity contribution is 6.08. The summed E-state index contributed by atoms with van der Waals surface area (Å²) in [5.74, 6) is 1.70. The molecule has 1 aliphatic heterocycles. The second kappa shape index (κ2) is 8.30. The van der Waals surface area contributed by atoms with E-state index in [1.54, 1.807) is 0 Å². The molecule has 2 fully saturated rings. The van der Waals surface area contributed by atoms with Gasteiger partial charge in [0.1, 0.15) is 0 Å². The van der Waals surface area contributed by atoms with Crippen molar-refractivity contribution in [2.75, 3.05) is 19.6 Å². The molecule has 2 nitrogen and oxygen atoms in total. The van der Waals surface area contributed by atoms with Gasteiger partial charge in [-0.1, -0.05) is 73.4 Å². The Labute approximate surface area is 181 Å². The molecule has 0 bridgehead atoms. The van der Waals surface area contributed by atoms with Crippen LogP contribution in [0.5, 0.6) is 0 Å². The lowest BCUT2D eigenvalue weighted by Gasteiger charge is -2.43. The van der Waals surface area contributed by atoms with E-state index in [2.05, 4.69) is 48.2 Å². The van der Waals surface area contributed by atoms with Crippen LogP contribution >= 0.6 is 0 Å². The summed E-state index contributed by atoms with van der Waals surface area (Å²) >= 11 is 0. The van der Waals surface area contributed by atoms with Crippen molar-refractivity contribution in [1.82, 2.24) is 4.90 Å². The van der Waals surface area contributed by atoms with Crippen molar-refractivity contribution in [1.29, 1.82) is 0 Å². The SMILES string of the molecule is Cc1cccc(C2(C3CCN(CC4CCCCC4)CC3)Cc3ccccc3C2=O)c1. The van der Waals surface area contributed by atoms with E-state index in [1.165, 1.54) is 55.3 Å². The number of nitrogens with zero attached hydrogens (tertiary/aromatic N) is 1. The molecular formula is C28H35NO. The van der Waals surface area contributed by atoms with Gasteiger partial charge in [-0.2, -0.15) is 0 Å². The standard InChI is InChI=1S/C28H35NO/c1-21-8-7-12-25(18-21)28(19-23-11-5-6-13-26(23)27(28)30)24-14-16-29(17-15-24)20-22-9-3-2-4-10-22/h5-8,11-13,18,22,24H,2-4,9-10,14-17,19-20H2,1H3. The number of carbonyl (C=O) groups excluding carboxylic acids is 1. The minimum Gasteiger partial charge on any atom is -0.303 e. The quantitative estimate of drug-likeness (QED) is 0.629. The van der Waals surface area contributed by atoms with Crippen LogP contribution in [0.3, 0.4) is 0 Å². The van der Waals surface area contributed by atoms with Crippen LogP contribution in [-0.4, -0.2) is 30.3 Å². The first-order valence-corrected chi connectivity index (χ1v) is 12.1. The number of aryl methyl sites for hydroxylation is 1. The predicted molar refractivity (Wildman–Crippen MR) is 123 cm³/mol. The predicted octanol–water partition coefficient (Wildman–Crippen LogP) is 5.96. The number of ketones is 1. The molecule has 0 N–H and O–H groups in total. The van der Waals surface area contributed by atoms with Crippen LogP contribution in [0.15, 0.2) is 48.5 Å². The molecule has 1 unspecified atom stereocenters. The first-order chi connectivity index (χ1) is 14.7. The van der Waals surface area contributed by atoms with Gasteiger partial charge in [-0.05, 0) is 75.1 Å². The molecule has 3 aliphatic rings. The van der Waals surface area contributed by atoms with Crippen molar-refractivity contribution in [2.24, 2.45) is 11.8 Å². The summed E-state index contributed by atoms with van der Waals surface area (Å²) in [6.07, 6.45) is 10.3. The monoisotopic (exact) mass is 401 g/mol. The van der Waals surface area contributed by atoms with E-state index in [9.17, 15) is 4.79 Å². The summed E-state index contributed by atoms with van der Waals surface area (Å²) in [7, 11) is 0. The number of benzene rings is 2. The van der Waals surface area contributed by atoms with Gasteiger partial charge in [0.15, 0.2) is 5.78 Å². The fraction of sp³-hybridized carbons (Fsp3) is 0.536. The van der Waals surface area contributed by atoms with Crippen molar-refractivity contribution in [2.45, 2.75) is 63.7 Å². The lowest BCUT2D eigenvalue weighted by atomic mass is 9.64. The second-order valence-corrected chi connectivity index (χ2v) is 10.1. The van der Waals surface area contributed by atoms with Gasteiger partial charge in [-0.25, -0.2) is 0 Å². The van der Waals surface area contributed by atoms with Crippen LogP contribution in [-0.2, 0) is 11.8 Å². The molecule has 2 aromatic rings. The first-order valence-electron chi connectivity index (χ1n) is 12.1. The van der Waals surface area contributed by atoms with Crippen molar-refractivity contribution in [3.05, 3.63) is 70.8 Å². The largest absolute Gasteiger partial charge is 0.303 e. The Kier molecular flexibility index (Phi) is 5.54. The number of likely N-dealkylation sites (tertiary alicyclic amines) is 1. The normalized spacial score (nSPS) is 26.1. The highest BCUT2D eigenvalue weighted by atomic mass is 16.1. The molecule has 2 aromatic carbocycles. The van der Waals surface area contributed by atoms with E-state index in [1.807, 2.05) is 12.1 Å². The number of hydrogen-bond donors (Lipinski definition) is 0. The number of rotatable bonds is 4. The lowest BCUT2D eigenvalue weighted by molar-refractivity contribution is 0.0713. The van der Waals surface area contributed by atoms with Crippen molar-refractivity contribution in [3.8, 4) is 0 Å². The zero-order valence-electron chi connectivity index (χ0n) is 18.4. The van der Waals surface area contributed by atoms with Crippen molar-refractivity contribution < 1.29 is 4.79 Å². The van der Waals surface area contributed by atoms with E-state index in [0.717, 1.165) is 43.8 Å². The highest BCUT2D eigenvalue weighted by Gasteiger charge is 2.52. The zero-order chi connectivity index (χ0) is 20.6. The Morgan fingerprint density at radius 3 is 2.43 bits per heavy atom. The number of hydrogen-bond acceptors (Lipinski definition) is 2. The van der Waals surface area contributed by atoms with E-state index in [4.69, 9.17) is 0 Å². The van der Waals surface area contributed by atoms with Gasteiger partial charge in [-0.3, -0.25) is 4.79 Å². The van der Waals surface area contributed by atoms with E-state index < -0.39 is 0 Å². The summed E-state index contributed by atoms with van der Waals surface area (Å²) in [5, 5.41) is 0. The van der Waals surface area contributed by atoms with Crippen LogP contribution in [0, 0.1) is 18.8 Å². The van der Waals surface area contributed by atoms with Gasteiger partial charge < -0.3 is 4.90 Å². The molecule has 0 spiro atoms. The molecule has 30 heavy (non-hydrogen) atoms. The van der Waals surface area contributed by atoms with E-state index in [-0.39, 0.29) is 5.41 Å². The molecule has 1 saturated heterocycles. The highest BCUT2D eigenvalue weighted by Crippen LogP contribution is 2.48. The summed E-state index contributed by atoms with van der Waals surface area (Å²) in [6.45, 7) is 5.73. The second-order valence-electron chi connectivity index (χ2n) is 10.1. The lowest BCUT2D eigenvalue weighted by Crippen LogP contribution is -2.48. The average molecular weight is 402 g/mol. The minimum atomic E-state index is -0.368. The Bertz CT molecular complexity index is 904. The third kappa shape index (κ3) is 3.54. The number of Topliss-reactive ketones (excluding diaryl/α,β-unsaturated/α-hetero) is 1. The maximum atomic E-state index is 13.9. The molecule has 158 valence electrons. The molecule has 0 aromatic heterocycles. The fourth-order valence-electron chi connectivity index (χ4n) is 6.58. The van der Waals surface area contributed by atoms with Gasteiger partial charge in [0.25, 0.3) is 0 Å². The molecule has 1 heterocycles. The molecule has 1 atom stereocenters. The molecule has 0 amide bonds. The van der Waals surface area contributed by atoms with Gasteiger partial charge >= 0.3 is 0 Å². The van der Waals surface area contributed by atoms with Crippen molar-refractivity contribution >= 4 is 5.78 Å². The smallest absolute Gasteiger partial charge is 0.174 e. The summed E-state index contributed by atoms with van der Waals surface area (Å²) in [4.78, 5) is 16.6. The maximum Gasteiger partial charge on any atom is 0.174 e. The van der Waals surface area contributed by atoms with Crippen LogP contribution in [0.2, 0.25) is 0 Å². The van der Waals surface area contributed by atoms with Gasteiger partial charge in [0.2, 0.25) is 0 Å². The Balaban J connectivity index is 1.40. The van der Waals surface area contributed by atoms with Gasteiger partial charge in [-0.15, -0.1) is 0 Å². The fourth-order valence-corrected chi connectivity index (χ4v) is 6.58. The van der Waals surface area contributed by atoms with Crippen LogP contribution in [0.1, 0.15) is 72.0 Å². The number of piperidine rings is 1. The van der Waals surface area contributed by atoms with Crippen LogP contribution < -0.4 is 0 Å². The van der Waals surface area contributed by atoms with E-state index in [0.29, 0.717) is 11.7 Å². The molecule has 0 radical (unpaired) electrons. The summed E-state index contributed by atoms with van der Waals surface area (Å²) in [5.41, 5.74) is 4.34. The van der Waals surface area contributed by atoms with Crippen LogP contribution in [0.25, 0.3) is 0 Å². The molecular weight excluding hydrogens is 366 g/mol. The third-order valence-corrected chi connectivity index (χ3v) is 8.20. The van der Waals surface area contributed by atoms with Crippen LogP contribution in [0.4, 0.5) is 0 Å². The van der Waals surface area contributed by atoms with E-state index >= 15 is 0 Å². The summed E-state index contributed by atoms with van der Waals surface area (Å²) < 4.78 is 0. The Morgan fingerprint density at radius 2 is 1.70 bits per heavy atom.